The van der Waals surface area contributed by atoms with Crippen molar-refractivity contribution in [2.45, 2.75) is 31.2 Å². The summed E-state index contributed by atoms with van der Waals surface area (Å²) in [6.07, 6.45) is 0.653. The molecule has 5 nitrogen and oxygen atoms in total. The zero-order chi connectivity index (χ0) is 18.4. The Hall–Kier alpha value is -1.86. The molecule has 1 unspecified atom stereocenters. The Morgan fingerprint density at radius 1 is 1.20 bits per heavy atom. The first-order valence-electron chi connectivity index (χ1n) is 7.89. The minimum Gasteiger partial charge on any atom is -0.309 e. The van der Waals surface area contributed by atoms with Gasteiger partial charge in [-0.05, 0) is 61.4 Å². The number of benzene rings is 2. The SMILES string of the molecule is CC(=O)N1c2ccc(S(=O)(=O)N(C)c3ccc(Br)cc3)cc2CC1C. The van der Waals surface area contributed by atoms with Crippen LogP contribution in [-0.4, -0.2) is 27.4 Å². The van der Waals surface area contributed by atoms with Gasteiger partial charge < -0.3 is 4.90 Å². The molecular weight excluding hydrogens is 404 g/mol. The number of halogens is 1. The number of hydrogen-bond donors (Lipinski definition) is 0. The van der Waals surface area contributed by atoms with Gasteiger partial charge >= 0.3 is 0 Å². The Morgan fingerprint density at radius 2 is 1.84 bits per heavy atom. The van der Waals surface area contributed by atoms with Gasteiger partial charge in [-0.25, -0.2) is 8.42 Å². The van der Waals surface area contributed by atoms with Gasteiger partial charge in [-0.2, -0.15) is 0 Å². The number of nitrogens with zero attached hydrogens (tertiary/aromatic N) is 2. The topological polar surface area (TPSA) is 57.7 Å². The van der Waals surface area contributed by atoms with Crippen molar-refractivity contribution in [2.75, 3.05) is 16.3 Å². The van der Waals surface area contributed by atoms with Crippen LogP contribution >= 0.6 is 15.9 Å². The zero-order valence-electron chi connectivity index (χ0n) is 14.2. The lowest BCUT2D eigenvalue weighted by Crippen LogP contribution is -2.33. The van der Waals surface area contributed by atoms with E-state index < -0.39 is 10.0 Å². The van der Waals surface area contributed by atoms with E-state index in [0.29, 0.717) is 12.1 Å². The standard InChI is InChI=1S/C18H19BrN2O3S/c1-12-10-14-11-17(8-9-18(14)21(12)13(2)22)25(23,24)20(3)16-6-4-15(19)5-7-16/h4-9,11-12H,10H2,1-3H3. The number of sulfonamides is 1. The maximum atomic E-state index is 12.9. The summed E-state index contributed by atoms with van der Waals surface area (Å²) in [6.45, 7) is 3.49. The Labute approximate surface area is 156 Å². The van der Waals surface area contributed by atoms with E-state index in [-0.39, 0.29) is 16.8 Å². The molecule has 1 heterocycles. The predicted octanol–water partition coefficient (Wildman–Crippen LogP) is 3.57. The van der Waals surface area contributed by atoms with Crippen LogP contribution in [0.15, 0.2) is 51.8 Å². The Kier molecular flexibility index (Phi) is 4.64. The molecule has 3 rings (SSSR count). The molecular formula is C18H19BrN2O3S. The summed E-state index contributed by atoms with van der Waals surface area (Å²) in [5.41, 5.74) is 2.26. The fourth-order valence-corrected chi connectivity index (χ4v) is 4.71. The Morgan fingerprint density at radius 3 is 2.44 bits per heavy atom. The van der Waals surface area contributed by atoms with E-state index in [9.17, 15) is 13.2 Å². The molecule has 1 amide bonds. The monoisotopic (exact) mass is 422 g/mol. The van der Waals surface area contributed by atoms with Crippen LogP contribution in [0.25, 0.3) is 0 Å². The summed E-state index contributed by atoms with van der Waals surface area (Å²) < 4.78 is 28.0. The molecule has 7 heteroatoms. The third-order valence-electron chi connectivity index (χ3n) is 4.45. The molecule has 0 saturated heterocycles. The van der Waals surface area contributed by atoms with Crippen LogP contribution in [0, 0.1) is 0 Å². The highest BCUT2D eigenvalue weighted by Crippen LogP contribution is 2.35. The number of amides is 1. The van der Waals surface area contributed by atoms with E-state index >= 15 is 0 Å². The molecule has 2 aromatic carbocycles. The fraction of sp³-hybridized carbons (Fsp3) is 0.278. The molecule has 0 aromatic heterocycles. The van der Waals surface area contributed by atoms with Gasteiger partial charge in [0.1, 0.15) is 0 Å². The lowest BCUT2D eigenvalue weighted by Gasteiger charge is -2.22. The summed E-state index contributed by atoms with van der Waals surface area (Å²) >= 11 is 3.35. The summed E-state index contributed by atoms with van der Waals surface area (Å²) in [5, 5.41) is 0. The van der Waals surface area contributed by atoms with Crippen molar-refractivity contribution in [1.29, 1.82) is 0 Å². The van der Waals surface area contributed by atoms with Crippen molar-refractivity contribution in [3.63, 3.8) is 0 Å². The van der Waals surface area contributed by atoms with Crippen LogP contribution in [0.2, 0.25) is 0 Å². The summed E-state index contributed by atoms with van der Waals surface area (Å²) in [6, 6.07) is 12.1. The molecule has 1 atom stereocenters. The van der Waals surface area contributed by atoms with Crippen LogP contribution in [0.1, 0.15) is 19.4 Å². The van der Waals surface area contributed by atoms with Crippen molar-refractivity contribution in [3.05, 3.63) is 52.5 Å². The predicted molar refractivity (Wildman–Crippen MR) is 102 cm³/mol. The first kappa shape index (κ1) is 17.9. The smallest absolute Gasteiger partial charge is 0.264 e. The maximum Gasteiger partial charge on any atom is 0.264 e. The van der Waals surface area contributed by atoms with Crippen LogP contribution in [-0.2, 0) is 21.2 Å². The fourth-order valence-electron chi connectivity index (χ4n) is 3.20. The first-order chi connectivity index (χ1) is 11.7. The largest absolute Gasteiger partial charge is 0.309 e. The molecule has 25 heavy (non-hydrogen) atoms. The van der Waals surface area contributed by atoms with E-state index in [2.05, 4.69) is 15.9 Å². The molecule has 1 aliphatic heterocycles. The normalized spacial score (nSPS) is 16.6. The van der Waals surface area contributed by atoms with Gasteiger partial charge in [0.15, 0.2) is 0 Å². The van der Waals surface area contributed by atoms with Crippen molar-refractivity contribution in [3.8, 4) is 0 Å². The van der Waals surface area contributed by atoms with Gasteiger partial charge in [-0.1, -0.05) is 15.9 Å². The third kappa shape index (κ3) is 3.18. The number of fused-ring (bicyclic) bond motifs is 1. The molecule has 0 bridgehead atoms. The highest BCUT2D eigenvalue weighted by atomic mass is 79.9. The number of hydrogen-bond acceptors (Lipinski definition) is 3. The Balaban J connectivity index is 1.98. The molecule has 132 valence electrons. The quantitative estimate of drug-likeness (QED) is 0.759. The lowest BCUT2D eigenvalue weighted by atomic mass is 10.1. The molecule has 0 radical (unpaired) electrons. The van der Waals surface area contributed by atoms with Crippen molar-refractivity contribution in [2.24, 2.45) is 0 Å². The van der Waals surface area contributed by atoms with E-state index in [1.165, 1.54) is 18.3 Å². The molecule has 0 spiro atoms. The van der Waals surface area contributed by atoms with Gasteiger partial charge in [0.25, 0.3) is 10.0 Å². The van der Waals surface area contributed by atoms with Crippen molar-refractivity contribution < 1.29 is 13.2 Å². The summed E-state index contributed by atoms with van der Waals surface area (Å²) in [4.78, 5) is 13.8. The number of rotatable bonds is 3. The average Bonchev–Trinajstić information content (AvgIpc) is 2.89. The van der Waals surface area contributed by atoms with Crippen LogP contribution in [0.3, 0.4) is 0 Å². The number of carbonyl (C=O) groups is 1. The second-order valence-corrected chi connectivity index (χ2v) is 9.07. The number of anilines is 2. The van der Waals surface area contributed by atoms with Crippen LogP contribution in [0.4, 0.5) is 11.4 Å². The summed E-state index contributed by atoms with van der Waals surface area (Å²) in [5.74, 6) is -0.0335. The average molecular weight is 423 g/mol. The van der Waals surface area contributed by atoms with Gasteiger partial charge in [0.05, 0.1) is 10.6 Å². The van der Waals surface area contributed by atoms with Gasteiger partial charge in [-0.15, -0.1) is 0 Å². The highest BCUT2D eigenvalue weighted by molar-refractivity contribution is 9.10. The summed E-state index contributed by atoms with van der Waals surface area (Å²) in [7, 11) is -2.13. The molecule has 0 fully saturated rings. The zero-order valence-corrected chi connectivity index (χ0v) is 16.6. The minimum absolute atomic E-state index is 0.0335. The lowest BCUT2D eigenvalue weighted by molar-refractivity contribution is -0.116. The van der Waals surface area contributed by atoms with Crippen LogP contribution < -0.4 is 9.21 Å². The first-order valence-corrected chi connectivity index (χ1v) is 10.1. The molecule has 0 N–H and O–H groups in total. The molecule has 1 aliphatic rings. The molecule has 0 saturated carbocycles. The minimum atomic E-state index is -3.67. The van der Waals surface area contributed by atoms with Gasteiger partial charge in [-0.3, -0.25) is 9.10 Å². The second-order valence-electron chi connectivity index (χ2n) is 6.18. The molecule has 0 aliphatic carbocycles. The second kappa shape index (κ2) is 6.46. The van der Waals surface area contributed by atoms with E-state index in [4.69, 9.17) is 0 Å². The van der Waals surface area contributed by atoms with Crippen molar-refractivity contribution >= 4 is 43.2 Å². The van der Waals surface area contributed by atoms with Crippen molar-refractivity contribution in [1.82, 2.24) is 0 Å². The van der Waals surface area contributed by atoms with Gasteiger partial charge in [0.2, 0.25) is 5.91 Å². The van der Waals surface area contributed by atoms with E-state index in [1.54, 1.807) is 47.4 Å². The van der Waals surface area contributed by atoms with E-state index in [1.807, 2.05) is 6.92 Å². The van der Waals surface area contributed by atoms with Crippen LogP contribution in [0.5, 0.6) is 0 Å². The van der Waals surface area contributed by atoms with E-state index in [0.717, 1.165) is 15.7 Å². The molecule has 2 aromatic rings. The third-order valence-corrected chi connectivity index (χ3v) is 6.76. The Bertz CT molecular complexity index is 926. The number of carbonyl (C=O) groups excluding carboxylic acids is 1. The van der Waals surface area contributed by atoms with Gasteiger partial charge in [0, 0.05) is 30.2 Å². The maximum absolute atomic E-state index is 12.9. The highest BCUT2D eigenvalue weighted by Gasteiger charge is 2.31.